The van der Waals surface area contributed by atoms with Crippen LogP contribution in [0.5, 0.6) is 0 Å². The van der Waals surface area contributed by atoms with Crippen LogP contribution in [0.25, 0.3) is 11.0 Å². The van der Waals surface area contributed by atoms with Gasteiger partial charge in [-0.15, -0.1) is 0 Å². The molecule has 208 valence electrons. The number of nitrogens with two attached hydrogens (primary N) is 1. The maximum Gasteiger partial charge on any atom is 0.509 e. The number of unbranched alkanes of at least 4 members (excludes halogenated alkanes) is 3. The molecule has 3 heterocycles. The normalized spacial score (nSPS) is 25.2. The second-order valence-electron chi connectivity index (χ2n) is 9.89. The van der Waals surface area contributed by atoms with Gasteiger partial charge in [-0.25, -0.2) is 14.6 Å². The molecule has 2 aliphatic rings. The lowest BCUT2D eigenvalue weighted by molar-refractivity contribution is -0.0683. The monoisotopic (exact) mass is 558 g/mol. The summed E-state index contributed by atoms with van der Waals surface area (Å²) < 4.78 is 30.1. The Morgan fingerprint density at radius 2 is 1.92 bits per heavy atom. The number of benzene rings is 1. The smallest absolute Gasteiger partial charge is 0.434 e. The van der Waals surface area contributed by atoms with Crippen molar-refractivity contribution in [3.63, 3.8) is 0 Å². The number of carbonyl (C=O) groups is 2. The molecule has 12 heteroatoms. The number of fused-ring (bicyclic) bond motifs is 2. The van der Waals surface area contributed by atoms with Gasteiger partial charge in [0, 0.05) is 12.6 Å². The van der Waals surface area contributed by atoms with E-state index in [1.54, 1.807) is 23.8 Å². The van der Waals surface area contributed by atoms with Gasteiger partial charge >= 0.3 is 12.3 Å². The number of nitrogens with zero attached hydrogens (tertiary/aromatic N) is 3. The van der Waals surface area contributed by atoms with Crippen molar-refractivity contribution in [3.8, 4) is 0 Å². The van der Waals surface area contributed by atoms with E-state index in [2.05, 4.69) is 16.9 Å². The minimum absolute atomic E-state index is 0.00527. The van der Waals surface area contributed by atoms with Gasteiger partial charge in [0.1, 0.15) is 24.3 Å². The predicted octanol–water partition coefficient (Wildman–Crippen LogP) is 5.55. The third-order valence-corrected chi connectivity index (χ3v) is 7.49. The quantitative estimate of drug-likeness (QED) is 0.191. The molecule has 2 aromatic heterocycles. The number of rotatable bonds is 10. The van der Waals surface area contributed by atoms with Crippen LogP contribution in [0.15, 0.2) is 42.6 Å². The molecule has 3 aromatic rings. The lowest BCUT2D eigenvalue weighted by Gasteiger charge is -2.21. The van der Waals surface area contributed by atoms with Gasteiger partial charge in [0.2, 0.25) is 5.28 Å². The fourth-order valence-electron chi connectivity index (χ4n) is 5.18. The molecule has 1 unspecified atom stereocenters. The van der Waals surface area contributed by atoms with Crippen LogP contribution in [0, 0.1) is 0 Å². The zero-order valence-electron chi connectivity index (χ0n) is 21.8. The van der Waals surface area contributed by atoms with Crippen molar-refractivity contribution in [3.05, 3.63) is 53.4 Å². The summed E-state index contributed by atoms with van der Waals surface area (Å²) in [4.78, 5) is 33.6. The van der Waals surface area contributed by atoms with Crippen LogP contribution in [0.3, 0.4) is 0 Å². The van der Waals surface area contributed by atoms with Gasteiger partial charge in [-0.1, -0.05) is 56.5 Å². The topological polar surface area (TPSA) is 137 Å². The highest BCUT2D eigenvalue weighted by atomic mass is 35.5. The fraction of sp³-hybridized carbons (Fsp3) is 0.481. The summed E-state index contributed by atoms with van der Waals surface area (Å²) >= 11 is 6.04. The van der Waals surface area contributed by atoms with Crippen LogP contribution in [-0.4, -0.2) is 50.8 Å². The third kappa shape index (κ3) is 5.20. The zero-order valence-corrected chi connectivity index (χ0v) is 22.6. The fourth-order valence-corrected chi connectivity index (χ4v) is 5.35. The first-order valence-electron chi connectivity index (χ1n) is 13.0. The number of ether oxygens (including phenoxy) is 5. The molecular weight excluding hydrogens is 528 g/mol. The highest BCUT2D eigenvalue weighted by Gasteiger charge is 2.87. The summed E-state index contributed by atoms with van der Waals surface area (Å²) in [6.45, 7) is 4.10. The van der Waals surface area contributed by atoms with Gasteiger partial charge in [-0.2, -0.15) is 4.98 Å². The molecule has 4 atom stereocenters. The van der Waals surface area contributed by atoms with Crippen LogP contribution in [0.4, 0.5) is 15.4 Å². The molecule has 1 aliphatic heterocycles. The molecule has 0 bridgehead atoms. The molecule has 5 rings (SSSR count). The first-order valence-corrected chi connectivity index (χ1v) is 13.4. The van der Waals surface area contributed by atoms with Crippen molar-refractivity contribution in [1.29, 1.82) is 0 Å². The third-order valence-electron chi connectivity index (χ3n) is 7.32. The second-order valence-corrected chi connectivity index (χ2v) is 10.2. The Hall–Kier alpha value is -3.57. The second kappa shape index (κ2) is 10.9. The van der Waals surface area contributed by atoms with E-state index in [0.717, 1.165) is 31.2 Å². The summed E-state index contributed by atoms with van der Waals surface area (Å²) in [5, 5.41) is 0.599. The van der Waals surface area contributed by atoms with E-state index in [9.17, 15) is 9.59 Å². The summed E-state index contributed by atoms with van der Waals surface area (Å²) in [5.41, 5.74) is 4.84. The van der Waals surface area contributed by atoms with Crippen molar-refractivity contribution in [2.75, 3.05) is 12.3 Å². The minimum Gasteiger partial charge on any atom is -0.434 e. The Morgan fingerprint density at radius 1 is 1.13 bits per heavy atom. The largest absolute Gasteiger partial charge is 0.509 e. The number of carbonyl (C=O) groups excluding carboxylic acids is 2. The number of aromatic nitrogens is 3. The maximum absolute atomic E-state index is 12.7. The molecule has 2 fully saturated rings. The standard InChI is InChI=1S/C27H31ClN4O7/c1-3-4-5-9-14-35-25(34)39-27-15-19(32-13-12-18-20(29)30-23(28)31-21(18)32)38-26(27,2)22(27)37-24(33)36-16-17-10-7-6-8-11-17/h6-8,10-13,19,22H,3-5,9,14-16H2,1-2H3,(H2,29,30,31)/t19-,22?,26-,27-/m1/s1. The number of hydrogen-bond donors (Lipinski definition) is 1. The molecule has 11 nitrogen and oxygen atoms in total. The zero-order chi connectivity index (χ0) is 27.6. The van der Waals surface area contributed by atoms with Gasteiger partial charge in [-0.3, -0.25) is 0 Å². The Labute approximate surface area is 230 Å². The van der Waals surface area contributed by atoms with Crippen molar-refractivity contribution >= 4 is 40.8 Å². The molecule has 0 spiro atoms. The van der Waals surface area contributed by atoms with Gasteiger partial charge in [-0.05, 0) is 36.6 Å². The highest BCUT2D eigenvalue weighted by molar-refractivity contribution is 6.28. The lowest BCUT2D eigenvalue weighted by Crippen LogP contribution is -2.29. The summed E-state index contributed by atoms with van der Waals surface area (Å²) in [5.74, 6) is 0.234. The molecule has 39 heavy (non-hydrogen) atoms. The van der Waals surface area contributed by atoms with E-state index in [1.807, 2.05) is 30.3 Å². The van der Waals surface area contributed by atoms with Crippen molar-refractivity contribution < 1.29 is 33.3 Å². The molecule has 1 aromatic carbocycles. The molecule has 1 saturated heterocycles. The summed E-state index contributed by atoms with van der Waals surface area (Å²) in [6.07, 6.45) is 2.45. The number of halogens is 1. The van der Waals surface area contributed by atoms with Crippen molar-refractivity contribution in [1.82, 2.24) is 14.5 Å². The van der Waals surface area contributed by atoms with E-state index in [0.29, 0.717) is 11.0 Å². The van der Waals surface area contributed by atoms with E-state index in [1.165, 1.54) is 0 Å². The first-order chi connectivity index (χ1) is 18.8. The molecular formula is C27H31ClN4O7. The summed E-state index contributed by atoms with van der Waals surface area (Å²) in [6, 6.07) is 11.0. The van der Waals surface area contributed by atoms with Crippen molar-refractivity contribution in [2.24, 2.45) is 0 Å². The van der Waals surface area contributed by atoms with E-state index >= 15 is 0 Å². The average Bonchev–Trinajstić information content (AvgIpc) is 3.22. The highest BCUT2D eigenvalue weighted by Crippen LogP contribution is 2.66. The number of hydrogen-bond acceptors (Lipinski definition) is 10. The van der Waals surface area contributed by atoms with E-state index < -0.39 is 35.8 Å². The van der Waals surface area contributed by atoms with Gasteiger partial charge in [0.05, 0.1) is 12.0 Å². The molecule has 2 N–H and O–H groups in total. The van der Waals surface area contributed by atoms with Gasteiger partial charge in [0.15, 0.2) is 17.3 Å². The van der Waals surface area contributed by atoms with Gasteiger partial charge in [0.25, 0.3) is 0 Å². The van der Waals surface area contributed by atoms with Crippen LogP contribution in [0.1, 0.15) is 57.7 Å². The molecule has 1 saturated carbocycles. The lowest BCUT2D eigenvalue weighted by atomic mass is 10.2. The molecule has 0 amide bonds. The first kappa shape index (κ1) is 27.0. The molecule has 1 aliphatic carbocycles. The van der Waals surface area contributed by atoms with Crippen LogP contribution in [-0.2, 0) is 30.3 Å². The SMILES string of the molecule is CCCCCCOC(=O)O[C@@]12C[C@H](n3ccc4c(N)nc(Cl)nc43)O[C@]1(C)C2OC(=O)OCc1ccccc1. The van der Waals surface area contributed by atoms with Crippen LogP contribution >= 0.6 is 11.6 Å². The Morgan fingerprint density at radius 3 is 2.69 bits per heavy atom. The van der Waals surface area contributed by atoms with Crippen LogP contribution < -0.4 is 5.73 Å². The number of nitrogen functional groups attached to an aromatic ring is 1. The van der Waals surface area contributed by atoms with Crippen LogP contribution in [0.2, 0.25) is 5.28 Å². The Kier molecular flexibility index (Phi) is 7.55. The average molecular weight is 559 g/mol. The Bertz CT molecular complexity index is 1350. The number of anilines is 1. The maximum atomic E-state index is 12.7. The molecule has 0 radical (unpaired) electrons. The minimum atomic E-state index is -1.29. The van der Waals surface area contributed by atoms with Crippen molar-refractivity contribution in [2.45, 2.75) is 76.1 Å². The predicted molar refractivity (Wildman–Crippen MR) is 141 cm³/mol. The Balaban J connectivity index is 1.31. The van der Waals surface area contributed by atoms with Gasteiger partial charge < -0.3 is 34.0 Å². The van der Waals surface area contributed by atoms with E-state index in [-0.39, 0.29) is 30.7 Å². The summed E-state index contributed by atoms with van der Waals surface area (Å²) in [7, 11) is 0. The van der Waals surface area contributed by atoms with E-state index in [4.69, 9.17) is 41.0 Å².